The van der Waals surface area contributed by atoms with Crippen LogP contribution in [0.2, 0.25) is 5.02 Å². The van der Waals surface area contributed by atoms with Gasteiger partial charge in [0, 0.05) is 16.1 Å². The molecule has 1 amide bonds. The van der Waals surface area contributed by atoms with Gasteiger partial charge in [0.15, 0.2) is 5.84 Å². The van der Waals surface area contributed by atoms with Gasteiger partial charge >= 0.3 is 0 Å². The molecule has 6 nitrogen and oxygen atoms in total. The molecule has 4 rings (SSSR count). The Balaban J connectivity index is 1.95. The number of rotatable bonds is 3. The van der Waals surface area contributed by atoms with Crippen LogP contribution in [-0.4, -0.2) is 60.2 Å². The first-order valence-corrected chi connectivity index (χ1v) is 10.0. The second-order valence-electron chi connectivity index (χ2n) is 8.14. The largest absolute Gasteiger partial charge is 0.311 e. The molecule has 2 aromatic rings. The molecule has 0 spiro atoms. The van der Waals surface area contributed by atoms with Crippen LogP contribution in [0.1, 0.15) is 25.0 Å². The Kier molecular flexibility index (Phi) is 5.11. The predicted octanol–water partition coefficient (Wildman–Crippen LogP) is 3.59. The average Bonchev–Trinajstić information content (AvgIpc) is 2.83. The summed E-state index contributed by atoms with van der Waals surface area (Å²) >= 11 is 6.44. The van der Waals surface area contributed by atoms with Crippen molar-refractivity contribution in [2.45, 2.75) is 19.4 Å². The Morgan fingerprint density at radius 2 is 1.90 bits per heavy atom. The summed E-state index contributed by atoms with van der Waals surface area (Å²) in [4.78, 5) is 21.8. The highest BCUT2D eigenvalue weighted by Crippen LogP contribution is 2.37. The Morgan fingerprint density at radius 3 is 2.60 bits per heavy atom. The number of hydrogen-bond acceptors (Lipinski definition) is 5. The van der Waals surface area contributed by atoms with Gasteiger partial charge in [-0.1, -0.05) is 29.8 Å². The van der Waals surface area contributed by atoms with Crippen molar-refractivity contribution in [3.05, 3.63) is 64.4 Å². The average molecular weight is 428 g/mol. The minimum atomic E-state index is -0.925. The molecule has 2 aromatic carbocycles. The Hall–Kier alpha value is -2.77. The van der Waals surface area contributed by atoms with Crippen LogP contribution in [0.25, 0.3) is 0 Å². The van der Waals surface area contributed by atoms with E-state index in [4.69, 9.17) is 16.6 Å². The van der Waals surface area contributed by atoms with E-state index in [1.165, 1.54) is 17.1 Å². The van der Waals surface area contributed by atoms with Gasteiger partial charge in [0.25, 0.3) is 5.91 Å². The van der Waals surface area contributed by atoms with Crippen LogP contribution in [0.15, 0.2) is 52.6 Å². The van der Waals surface area contributed by atoms with Gasteiger partial charge in [-0.25, -0.2) is 9.40 Å². The molecule has 0 aliphatic carbocycles. The molecule has 2 aliphatic heterocycles. The number of hydrogen-bond donors (Lipinski definition) is 0. The number of aliphatic imine (C=N–C) groups is 1. The third-order valence-corrected chi connectivity index (χ3v) is 5.52. The molecule has 0 saturated carbocycles. The number of nitrogens with zero attached hydrogens (tertiary/aromatic N) is 5. The molecule has 156 valence electrons. The molecular formula is C22H23ClFN5O. The van der Waals surface area contributed by atoms with Gasteiger partial charge in [-0.15, -0.1) is 0 Å². The fraction of sp³-hybridized carbons (Fsp3) is 0.318. The van der Waals surface area contributed by atoms with Crippen molar-refractivity contribution in [2.24, 2.45) is 10.1 Å². The van der Waals surface area contributed by atoms with Crippen molar-refractivity contribution in [3.63, 3.8) is 0 Å². The quantitative estimate of drug-likeness (QED) is 0.752. The van der Waals surface area contributed by atoms with Gasteiger partial charge in [-0.2, -0.15) is 5.10 Å². The number of carbonyl (C=O) groups excluding carboxylic acids is 1. The van der Waals surface area contributed by atoms with E-state index >= 15 is 0 Å². The lowest BCUT2D eigenvalue weighted by molar-refractivity contribution is -0.138. The topological polar surface area (TPSA) is 51.5 Å². The van der Waals surface area contributed by atoms with Crippen LogP contribution in [0, 0.1) is 5.82 Å². The summed E-state index contributed by atoms with van der Waals surface area (Å²) in [5, 5.41) is 6.59. The molecular weight excluding hydrogens is 405 g/mol. The normalized spacial score (nSPS) is 17.9. The molecule has 8 heteroatoms. The van der Waals surface area contributed by atoms with Crippen molar-refractivity contribution in [2.75, 3.05) is 32.2 Å². The summed E-state index contributed by atoms with van der Waals surface area (Å²) in [7, 11) is 3.76. The standard InChI is InChI=1S/C22H23ClFN5O/c1-22(2)21(30)28(13-27(3)4)26-19-12-25-20(15-7-5-6-8-17(15)23)16-11-14(24)9-10-18(16)29(19)22/h5-11H,12-13H2,1-4H3. The maximum atomic E-state index is 14.3. The van der Waals surface area contributed by atoms with Crippen molar-refractivity contribution >= 4 is 34.7 Å². The summed E-state index contributed by atoms with van der Waals surface area (Å²) < 4.78 is 14.3. The monoisotopic (exact) mass is 427 g/mol. The number of amidine groups is 1. The van der Waals surface area contributed by atoms with E-state index in [1.807, 2.05) is 55.9 Å². The Morgan fingerprint density at radius 1 is 1.17 bits per heavy atom. The second-order valence-corrected chi connectivity index (χ2v) is 8.55. The summed E-state index contributed by atoms with van der Waals surface area (Å²) in [6.45, 7) is 4.29. The summed E-state index contributed by atoms with van der Waals surface area (Å²) in [5.74, 6) is 0.0945. The number of halogens is 2. The number of carbonyl (C=O) groups is 1. The maximum Gasteiger partial charge on any atom is 0.269 e. The molecule has 0 bridgehead atoms. The van der Waals surface area contributed by atoms with Gasteiger partial charge in [-0.05, 0) is 52.2 Å². The van der Waals surface area contributed by atoms with E-state index in [1.54, 1.807) is 12.1 Å². The first kappa shape index (κ1) is 20.5. The molecule has 0 saturated heterocycles. The minimum absolute atomic E-state index is 0.142. The van der Waals surface area contributed by atoms with Crippen LogP contribution >= 0.6 is 11.6 Å². The lowest BCUT2D eigenvalue weighted by atomic mass is 9.95. The maximum absolute atomic E-state index is 14.3. The SMILES string of the molecule is CN(C)CN1N=C2CN=C(c3ccccc3Cl)c3cc(F)ccc3N2C(C)(C)C1=O. The highest BCUT2D eigenvalue weighted by molar-refractivity contribution is 6.36. The van der Waals surface area contributed by atoms with Crippen LogP contribution in [0.3, 0.4) is 0 Å². The smallest absolute Gasteiger partial charge is 0.269 e. The zero-order chi connectivity index (χ0) is 21.6. The number of benzene rings is 2. The molecule has 0 N–H and O–H groups in total. The van der Waals surface area contributed by atoms with Gasteiger partial charge in [0.2, 0.25) is 0 Å². The summed E-state index contributed by atoms with van der Waals surface area (Å²) in [6.07, 6.45) is 0. The van der Waals surface area contributed by atoms with E-state index in [9.17, 15) is 9.18 Å². The predicted molar refractivity (Wildman–Crippen MR) is 118 cm³/mol. The zero-order valence-corrected chi connectivity index (χ0v) is 18.1. The number of amides is 1. The minimum Gasteiger partial charge on any atom is -0.311 e. The van der Waals surface area contributed by atoms with Gasteiger partial charge < -0.3 is 4.90 Å². The number of fused-ring (bicyclic) bond motifs is 3. The summed E-state index contributed by atoms with van der Waals surface area (Å²) in [5.41, 5.74) is 1.62. The van der Waals surface area contributed by atoms with E-state index in [0.717, 1.165) is 0 Å². The first-order chi connectivity index (χ1) is 14.2. The van der Waals surface area contributed by atoms with Crippen molar-refractivity contribution in [3.8, 4) is 0 Å². The molecule has 0 fully saturated rings. The van der Waals surface area contributed by atoms with E-state index in [2.05, 4.69) is 5.10 Å². The molecule has 0 atom stereocenters. The van der Waals surface area contributed by atoms with Crippen LogP contribution < -0.4 is 4.90 Å². The lowest BCUT2D eigenvalue weighted by Crippen LogP contribution is -2.63. The van der Waals surface area contributed by atoms with Crippen LogP contribution in [0.5, 0.6) is 0 Å². The van der Waals surface area contributed by atoms with E-state index in [-0.39, 0.29) is 18.3 Å². The lowest BCUT2D eigenvalue weighted by Gasteiger charge is -2.45. The van der Waals surface area contributed by atoms with Crippen molar-refractivity contribution < 1.29 is 9.18 Å². The molecule has 2 heterocycles. The van der Waals surface area contributed by atoms with Crippen molar-refractivity contribution in [1.82, 2.24) is 9.91 Å². The Labute approximate surface area is 180 Å². The fourth-order valence-electron chi connectivity index (χ4n) is 3.88. The molecule has 0 unspecified atom stereocenters. The molecule has 2 aliphatic rings. The fourth-order valence-corrected chi connectivity index (χ4v) is 4.11. The molecule has 0 radical (unpaired) electrons. The molecule has 0 aromatic heterocycles. The zero-order valence-electron chi connectivity index (χ0n) is 17.4. The third-order valence-electron chi connectivity index (χ3n) is 5.19. The van der Waals surface area contributed by atoms with E-state index < -0.39 is 5.54 Å². The van der Waals surface area contributed by atoms with Gasteiger partial charge in [-0.3, -0.25) is 14.7 Å². The highest BCUT2D eigenvalue weighted by atomic mass is 35.5. The Bertz CT molecular complexity index is 1080. The van der Waals surface area contributed by atoms with Gasteiger partial charge in [0.1, 0.15) is 11.4 Å². The van der Waals surface area contributed by atoms with E-state index in [0.29, 0.717) is 40.1 Å². The van der Waals surface area contributed by atoms with Crippen molar-refractivity contribution in [1.29, 1.82) is 0 Å². The third kappa shape index (κ3) is 3.38. The number of anilines is 1. The van der Waals surface area contributed by atoms with Crippen LogP contribution in [0.4, 0.5) is 10.1 Å². The van der Waals surface area contributed by atoms with Crippen LogP contribution in [-0.2, 0) is 4.79 Å². The second kappa shape index (κ2) is 7.49. The molecule has 30 heavy (non-hydrogen) atoms. The van der Waals surface area contributed by atoms with Gasteiger partial charge in [0.05, 0.1) is 24.6 Å². The number of hydrazone groups is 1. The summed E-state index contributed by atoms with van der Waals surface area (Å²) in [6, 6.07) is 11.8. The highest BCUT2D eigenvalue weighted by Gasteiger charge is 2.46. The first-order valence-electron chi connectivity index (χ1n) is 9.64.